The van der Waals surface area contributed by atoms with Crippen molar-refractivity contribution in [2.45, 2.75) is 58.5 Å². The first-order valence-electron chi connectivity index (χ1n) is 11.3. The second kappa shape index (κ2) is 10.7. The van der Waals surface area contributed by atoms with Crippen molar-refractivity contribution in [3.8, 4) is 0 Å². The Bertz CT molecular complexity index is 782. The molecule has 4 heteroatoms. The van der Waals surface area contributed by atoms with Crippen LogP contribution in [0.3, 0.4) is 0 Å². The van der Waals surface area contributed by atoms with Gasteiger partial charge in [0.2, 0.25) is 5.91 Å². The van der Waals surface area contributed by atoms with E-state index in [1.54, 1.807) is 0 Å². The van der Waals surface area contributed by atoms with Crippen LogP contribution in [0.4, 0.5) is 0 Å². The van der Waals surface area contributed by atoms with Crippen LogP contribution in [0.1, 0.15) is 58.1 Å². The Hall–Kier alpha value is -1.91. The van der Waals surface area contributed by atoms with Gasteiger partial charge in [0.1, 0.15) is 6.04 Å². The average molecular weight is 397 g/mol. The molecule has 3 rings (SSSR count). The lowest BCUT2D eigenvalue weighted by Gasteiger charge is -2.35. The van der Waals surface area contributed by atoms with Crippen LogP contribution in [0.5, 0.6) is 0 Å². The standard InChI is InChI=1S/C25H36N2O2/c1-4-7-18-29-19-21-14-11-17-27(21)25(28)24(26(5-2)6-3)23-16-10-13-20-12-8-9-15-22(20)23/h8-10,12-13,15-16,21,24H,4-7,11,14,17-19H2,1-3H3/t21-,24-/m0/s1. The van der Waals surface area contributed by atoms with Crippen LogP contribution < -0.4 is 0 Å². The largest absolute Gasteiger partial charge is 0.379 e. The van der Waals surface area contributed by atoms with Gasteiger partial charge in [-0.15, -0.1) is 0 Å². The molecule has 1 aliphatic heterocycles. The van der Waals surface area contributed by atoms with Gasteiger partial charge in [-0.25, -0.2) is 0 Å². The quantitative estimate of drug-likeness (QED) is 0.528. The number of carbonyl (C=O) groups is 1. The van der Waals surface area contributed by atoms with Crippen LogP contribution in [0.2, 0.25) is 0 Å². The molecule has 1 fully saturated rings. The zero-order valence-corrected chi connectivity index (χ0v) is 18.3. The Morgan fingerprint density at radius 3 is 2.66 bits per heavy atom. The summed E-state index contributed by atoms with van der Waals surface area (Å²) in [7, 11) is 0. The Balaban J connectivity index is 1.89. The molecule has 0 spiro atoms. The van der Waals surface area contributed by atoms with Crippen LogP contribution >= 0.6 is 0 Å². The fourth-order valence-corrected chi connectivity index (χ4v) is 4.49. The number of likely N-dealkylation sites (tertiary alicyclic amines) is 1. The van der Waals surface area contributed by atoms with E-state index in [2.05, 4.69) is 73.0 Å². The van der Waals surface area contributed by atoms with Gasteiger partial charge in [0.05, 0.1) is 12.6 Å². The van der Waals surface area contributed by atoms with Crippen molar-refractivity contribution in [3.63, 3.8) is 0 Å². The fraction of sp³-hybridized carbons (Fsp3) is 0.560. The highest BCUT2D eigenvalue weighted by molar-refractivity contribution is 5.93. The monoisotopic (exact) mass is 396 g/mol. The number of fused-ring (bicyclic) bond motifs is 1. The molecular formula is C25H36N2O2. The van der Waals surface area contributed by atoms with Crippen molar-refractivity contribution < 1.29 is 9.53 Å². The molecule has 1 saturated heterocycles. The molecule has 2 aromatic carbocycles. The van der Waals surface area contributed by atoms with Gasteiger partial charge in [0.15, 0.2) is 0 Å². The van der Waals surface area contributed by atoms with Crippen molar-refractivity contribution in [1.29, 1.82) is 0 Å². The van der Waals surface area contributed by atoms with E-state index in [0.29, 0.717) is 6.61 Å². The molecule has 0 aliphatic carbocycles. The first kappa shape index (κ1) is 21.8. The number of ether oxygens (including phenoxy) is 1. The molecule has 0 radical (unpaired) electrons. The van der Waals surface area contributed by atoms with E-state index in [1.807, 2.05) is 0 Å². The number of carbonyl (C=O) groups excluding carboxylic acids is 1. The van der Waals surface area contributed by atoms with Gasteiger partial charge in [0.25, 0.3) is 0 Å². The summed E-state index contributed by atoms with van der Waals surface area (Å²) >= 11 is 0. The van der Waals surface area contributed by atoms with Gasteiger partial charge in [-0.1, -0.05) is 69.7 Å². The van der Waals surface area contributed by atoms with Crippen molar-refractivity contribution >= 4 is 16.7 Å². The lowest BCUT2D eigenvalue weighted by molar-refractivity contribution is -0.139. The van der Waals surface area contributed by atoms with Crippen molar-refractivity contribution in [1.82, 2.24) is 9.80 Å². The van der Waals surface area contributed by atoms with E-state index in [0.717, 1.165) is 57.5 Å². The van der Waals surface area contributed by atoms with Gasteiger partial charge in [-0.05, 0) is 48.7 Å². The van der Waals surface area contributed by atoms with Gasteiger partial charge >= 0.3 is 0 Å². The molecule has 29 heavy (non-hydrogen) atoms. The summed E-state index contributed by atoms with van der Waals surface area (Å²) in [5, 5.41) is 2.37. The molecule has 0 unspecified atom stereocenters. The number of benzene rings is 2. The van der Waals surface area contributed by atoms with E-state index in [9.17, 15) is 4.79 Å². The topological polar surface area (TPSA) is 32.8 Å². The van der Waals surface area contributed by atoms with Crippen LogP contribution in [-0.2, 0) is 9.53 Å². The lowest BCUT2D eigenvalue weighted by atomic mass is 9.96. The predicted octanol–water partition coefficient (Wildman–Crippen LogP) is 5.03. The summed E-state index contributed by atoms with van der Waals surface area (Å²) in [4.78, 5) is 18.3. The summed E-state index contributed by atoms with van der Waals surface area (Å²) in [6, 6.07) is 14.7. The maximum Gasteiger partial charge on any atom is 0.244 e. The molecule has 1 heterocycles. The smallest absolute Gasteiger partial charge is 0.244 e. The zero-order valence-electron chi connectivity index (χ0n) is 18.3. The normalized spacial score (nSPS) is 17.9. The molecule has 0 saturated carbocycles. The minimum Gasteiger partial charge on any atom is -0.379 e. The number of nitrogens with zero attached hydrogens (tertiary/aromatic N) is 2. The summed E-state index contributed by atoms with van der Waals surface area (Å²) in [6.07, 6.45) is 4.32. The first-order chi connectivity index (χ1) is 14.2. The lowest BCUT2D eigenvalue weighted by Crippen LogP contribution is -2.46. The fourth-order valence-electron chi connectivity index (χ4n) is 4.49. The number of hydrogen-bond acceptors (Lipinski definition) is 3. The summed E-state index contributed by atoms with van der Waals surface area (Å²) in [6.45, 7) is 10.4. The number of unbranched alkanes of at least 4 members (excludes halogenated alkanes) is 1. The average Bonchev–Trinajstić information content (AvgIpc) is 3.23. The maximum atomic E-state index is 13.9. The van der Waals surface area contributed by atoms with Gasteiger partial charge in [-0.3, -0.25) is 9.69 Å². The van der Waals surface area contributed by atoms with E-state index in [4.69, 9.17) is 4.74 Å². The Kier molecular flexibility index (Phi) is 8.08. The molecular weight excluding hydrogens is 360 g/mol. The Morgan fingerprint density at radius 2 is 1.90 bits per heavy atom. The van der Waals surface area contributed by atoms with Crippen molar-refractivity contribution in [2.24, 2.45) is 0 Å². The van der Waals surface area contributed by atoms with E-state index in [1.165, 1.54) is 10.8 Å². The number of likely N-dealkylation sites (N-methyl/N-ethyl adjacent to an activating group) is 1. The number of hydrogen-bond donors (Lipinski definition) is 0. The van der Waals surface area contributed by atoms with Crippen LogP contribution in [0, 0.1) is 0 Å². The number of amides is 1. The highest BCUT2D eigenvalue weighted by Gasteiger charge is 2.36. The molecule has 2 atom stereocenters. The summed E-state index contributed by atoms with van der Waals surface area (Å²) in [5.41, 5.74) is 1.12. The minimum atomic E-state index is -0.243. The molecule has 0 bridgehead atoms. The highest BCUT2D eigenvalue weighted by Crippen LogP contribution is 2.32. The molecule has 158 valence electrons. The van der Waals surface area contributed by atoms with Crippen LogP contribution in [0.15, 0.2) is 42.5 Å². The third-order valence-electron chi connectivity index (χ3n) is 6.14. The van der Waals surface area contributed by atoms with E-state index < -0.39 is 0 Å². The molecule has 0 aromatic heterocycles. The molecule has 4 nitrogen and oxygen atoms in total. The molecule has 1 amide bonds. The highest BCUT2D eigenvalue weighted by atomic mass is 16.5. The second-order valence-electron chi connectivity index (χ2n) is 7.95. The van der Waals surface area contributed by atoms with E-state index >= 15 is 0 Å². The van der Waals surface area contributed by atoms with Gasteiger partial charge < -0.3 is 9.64 Å². The van der Waals surface area contributed by atoms with Crippen LogP contribution in [0.25, 0.3) is 10.8 Å². The molecule has 2 aromatic rings. The Morgan fingerprint density at radius 1 is 1.14 bits per heavy atom. The minimum absolute atomic E-state index is 0.201. The van der Waals surface area contributed by atoms with Crippen LogP contribution in [-0.4, -0.2) is 54.6 Å². The van der Waals surface area contributed by atoms with Crippen molar-refractivity contribution in [2.75, 3.05) is 32.8 Å². The summed E-state index contributed by atoms with van der Waals surface area (Å²) in [5.74, 6) is 0.228. The van der Waals surface area contributed by atoms with Gasteiger partial charge in [-0.2, -0.15) is 0 Å². The third-order valence-corrected chi connectivity index (χ3v) is 6.14. The molecule has 1 aliphatic rings. The number of rotatable bonds is 10. The predicted molar refractivity (Wildman–Crippen MR) is 120 cm³/mol. The van der Waals surface area contributed by atoms with Crippen molar-refractivity contribution in [3.05, 3.63) is 48.0 Å². The summed E-state index contributed by atoms with van der Waals surface area (Å²) < 4.78 is 5.90. The Labute approximate surface area is 175 Å². The first-order valence-corrected chi connectivity index (χ1v) is 11.3. The maximum absolute atomic E-state index is 13.9. The molecule has 0 N–H and O–H groups in total. The SMILES string of the molecule is CCCCOC[C@@H]1CCCN1C(=O)[C@H](c1cccc2ccccc12)N(CC)CC. The zero-order chi connectivity index (χ0) is 20.6. The van der Waals surface area contributed by atoms with E-state index in [-0.39, 0.29) is 18.0 Å². The second-order valence-corrected chi connectivity index (χ2v) is 7.95. The third kappa shape index (κ3) is 4.99. The van der Waals surface area contributed by atoms with Gasteiger partial charge in [0, 0.05) is 13.2 Å².